The molecule has 0 bridgehead atoms. The van der Waals surface area contributed by atoms with E-state index in [0.29, 0.717) is 19.5 Å². The zero-order chi connectivity index (χ0) is 15.5. The molecule has 6 nitrogen and oxygen atoms in total. The van der Waals surface area contributed by atoms with E-state index < -0.39 is 0 Å². The summed E-state index contributed by atoms with van der Waals surface area (Å²) in [6.45, 7) is 3.07. The molecule has 0 aliphatic heterocycles. The van der Waals surface area contributed by atoms with E-state index in [9.17, 15) is 4.79 Å². The van der Waals surface area contributed by atoms with Crippen LogP contribution in [0.4, 0.5) is 0 Å². The Kier molecular flexibility index (Phi) is 3.91. The molecule has 0 saturated carbocycles. The minimum atomic E-state index is 0.0149. The third-order valence-electron chi connectivity index (χ3n) is 3.64. The molecule has 0 atom stereocenters. The number of hydrogen-bond donors (Lipinski definition) is 1. The molecule has 1 aromatic carbocycles. The maximum Gasteiger partial charge on any atom is 0.222 e. The number of nitrogens with zero attached hydrogens (tertiary/aromatic N) is 4. The number of rotatable bonds is 5. The maximum atomic E-state index is 12.0. The van der Waals surface area contributed by atoms with Gasteiger partial charge < -0.3 is 5.32 Å². The summed E-state index contributed by atoms with van der Waals surface area (Å²) in [5, 5.41) is 12.6. The van der Waals surface area contributed by atoms with Crippen LogP contribution < -0.4 is 5.32 Å². The zero-order valence-electron chi connectivity index (χ0n) is 12.8. The summed E-state index contributed by atoms with van der Waals surface area (Å²) >= 11 is 0. The summed E-state index contributed by atoms with van der Waals surface area (Å²) in [6.07, 6.45) is 4.06. The molecule has 0 fully saturated rings. The van der Waals surface area contributed by atoms with Gasteiger partial charge >= 0.3 is 0 Å². The second-order valence-electron chi connectivity index (χ2n) is 5.37. The number of amides is 1. The topological polar surface area (TPSA) is 64.7 Å². The third kappa shape index (κ3) is 3.00. The highest BCUT2D eigenvalue weighted by Crippen LogP contribution is 2.17. The molecule has 0 aliphatic carbocycles. The number of hydrogen-bond acceptors (Lipinski definition) is 3. The van der Waals surface area contributed by atoms with Gasteiger partial charge in [-0.1, -0.05) is 18.2 Å². The molecule has 0 aliphatic rings. The van der Waals surface area contributed by atoms with Crippen LogP contribution in [0, 0.1) is 6.92 Å². The van der Waals surface area contributed by atoms with E-state index in [4.69, 9.17) is 0 Å². The summed E-state index contributed by atoms with van der Waals surface area (Å²) in [5.41, 5.74) is 3.06. The molecule has 114 valence electrons. The van der Waals surface area contributed by atoms with Crippen molar-refractivity contribution in [3.63, 3.8) is 0 Å². The van der Waals surface area contributed by atoms with Gasteiger partial charge in [-0.05, 0) is 13.0 Å². The quantitative estimate of drug-likeness (QED) is 0.781. The van der Waals surface area contributed by atoms with Crippen LogP contribution in [0.25, 0.3) is 10.9 Å². The van der Waals surface area contributed by atoms with Gasteiger partial charge in [0.2, 0.25) is 5.91 Å². The molecular weight excluding hydrogens is 278 g/mol. The Morgan fingerprint density at radius 1 is 1.32 bits per heavy atom. The van der Waals surface area contributed by atoms with Crippen molar-refractivity contribution in [2.24, 2.45) is 7.05 Å². The number of carbonyl (C=O) groups is 1. The lowest BCUT2D eigenvalue weighted by molar-refractivity contribution is -0.121. The number of fused-ring (bicyclic) bond motifs is 1. The number of nitrogens with one attached hydrogen (secondary N) is 1. The summed E-state index contributed by atoms with van der Waals surface area (Å²) in [7, 11) is 1.86. The zero-order valence-corrected chi connectivity index (χ0v) is 12.8. The smallest absolute Gasteiger partial charge is 0.222 e. The van der Waals surface area contributed by atoms with Gasteiger partial charge in [0, 0.05) is 37.2 Å². The van der Waals surface area contributed by atoms with Crippen molar-refractivity contribution in [1.82, 2.24) is 24.9 Å². The molecule has 0 unspecified atom stereocenters. The highest BCUT2D eigenvalue weighted by Gasteiger charge is 2.08. The fraction of sp³-hybridized carbons (Fsp3) is 0.312. The molecule has 1 amide bonds. The number of carbonyl (C=O) groups excluding carboxylic acids is 1. The van der Waals surface area contributed by atoms with Gasteiger partial charge in [0.1, 0.15) is 0 Å². The predicted molar refractivity (Wildman–Crippen MR) is 84.1 cm³/mol. The summed E-state index contributed by atoms with van der Waals surface area (Å²) in [5.74, 6) is 0.0149. The van der Waals surface area contributed by atoms with Gasteiger partial charge in [0.05, 0.1) is 24.0 Å². The molecular formula is C16H19N5O. The van der Waals surface area contributed by atoms with E-state index in [1.807, 2.05) is 43.0 Å². The first-order valence-corrected chi connectivity index (χ1v) is 7.30. The number of aryl methyl sites for hydroxylation is 3. The third-order valence-corrected chi connectivity index (χ3v) is 3.64. The summed E-state index contributed by atoms with van der Waals surface area (Å²) in [4.78, 5) is 12.0. The van der Waals surface area contributed by atoms with Crippen LogP contribution in [0.15, 0.2) is 36.7 Å². The van der Waals surface area contributed by atoms with Gasteiger partial charge in [0.25, 0.3) is 0 Å². The highest BCUT2D eigenvalue weighted by atomic mass is 16.1. The van der Waals surface area contributed by atoms with Gasteiger partial charge in [-0.3, -0.25) is 14.2 Å². The van der Waals surface area contributed by atoms with Crippen molar-refractivity contribution in [1.29, 1.82) is 0 Å². The van der Waals surface area contributed by atoms with Crippen LogP contribution in [0.5, 0.6) is 0 Å². The van der Waals surface area contributed by atoms with Crippen LogP contribution in [-0.4, -0.2) is 25.5 Å². The van der Waals surface area contributed by atoms with Crippen molar-refractivity contribution in [3.05, 3.63) is 47.9 Å². The molecule has 0 radical (unpaired) electrons. The molecule has 0 spiro atoms. The molecule has 1 N–H and O–H groups in total. The average Bonchev–Trinajstić information content (AvgIpc) is 3.07. The van der Waals surface area contributed by atoms with Crippen LogP contribution in [-0.2, 0) is 24.9 Å². The lowest BCUT2D eigenvalue weighted by atomic mass is 10.2. The normalized spacial score (nSPS) is 11.0. The maximum absolute atomic E-state index is 12.0. The van der Waals surface area contributed by atoms with E-state index in [2.05, 4.69) is 21.6 Å². The van der Waals surface area contributed by atoms with Gasteiger partial charge in [-0.2, -0.15) is 10.2 Å². The Balaban J connectivity index is 1.58. The summed E-state index contributed by atoms with van der Waals surface area (Å²) < 4.78 is 3.62. The van der Waals surface area contributed by atoms with Crippen LogP contribution in [0.2, 0.25) is 0 Å². The van der Waals surface area contributed by atoms with E-state index in [-0.39, 0.29) is 5.91 Å². The molecule has 22 heavy (non-hydrogen) atoms. The Labute approximate surface area is 128 Å². The second-order valence-corrected chi connectivity index (χ2v) is 5.37. The Hall–Kier alpha value is -2.63. The van der Waals surface area contributed by atoms with Gasteiger partial charge in [-0.15, -0.1) is 0 Å². The summed E-state index contributed by atoms with van der Waals surface area (Å²) in [6, 6.07) is 8.07. The van der Waals surface area contributed by atoms with Gasteiger partial charge in [0.15, 0.2) is 0 Å². The largest absolute Gasteiger partial charge is 0.352 e. The van der Waals surface area contributed by atoms with E-state index >= 15 is 0 Å². The lowest BCUT2D eigenvalue weighted by Crippen LogP contribution is -2.24. The first-order valence-electron chi connectivity index (χ1n) is 7.30. The van der Waals surface area contributed by atoms with Crippen LogP contribution >= 0.6 is 0 Å². The molecule has 0 saturated heterocycles. The van der Waals surface area contributed by atoms with Crippen molar-refractivity contribution in [2.75, 3.05) is 0 Å². The number of para-hydroxylation sites is 1. The number of aromatic nitrogens is 4. The Morgan fingerprint density at radius 2 is 2.14 bits per heavy atom. The van der Waals surface area contributed by atoms with Crippen molar-refractivity contribution < 1.29 is 4.79 Å². The molecule has 2 heterocycles. The minimum absolute atomic E-state index is 0.0149. The SMILES string of the molecule is Cc1nn(CCC(=O)NCc2cnn(C)c2)c2ccccc12. The minimum Gasteiger partial charge on any atom is -0.352 e. The molecule has 3 rings (SSSR count). The van der Waals surface area contributed by atoms with Crippen LogP contribution in [0.1, 0.15) is 17.7 Å². The second kappa shape index (κ2) is 6.01. The lowest BCUT2D eigenvalue weighted by Gasteiger charge is -2.05. The first kappa shape index (κ1) is 14.3. The van der Waals surface area contributed by atoms with Crippen molar-refractivity contribution in [3.8, 4) is 0 Å². The monoisotopic (exact) mass is 297 g/mol. The average molecular weight is 297 g/mol. The number of benzene rings is 1. The van der Waals surface area contributed by atoms with Crippen molar-refractivity contribution >= 4 is 16.8 Å². The molecule has 3 aromatic rings. The van der Waals surface area contributed by atoms with Gasteiger partial charge in [-0.25, -0.2) is 0 Å². The van der Waals surface area contributed by atoms with E-state index in [1.54, 1.807) is 10.9 Å². The fourth-order valence-electron chi connectivity index (χ4n) is 2.52. The fourth-order valence-corrected chi connectivity index (χ4v) is 2.52. The van der Waals surface area contributed by atoms with Crippen molar-refractivity contribution in [2.45, 2.75) is 26.4 Å². The molecule has 2 aromatic heterocycles. The predicted octanol–water partition coefficient (Wildman–Crippen LogP) is 1.78. The Morgan fingerprint density at radius 3 is 2.91 bits per heavy atom. The van der Waals surface area contributed by atoms with Crippen LogP contribution in [0.3, 0.4) is 0 Å². The van der Waals surface area contributed by atoms with E-state index in [1.165, 1.54) is 0 Å². The molecule has 6 heteroatoms. The Bertz CT molecular complexity index is 802. The first-order chi connectivity index (χ1) is 10.6. The standard InChI is InChI=1S/C16H19N5O/c1-12-14-5-3-4-6-15(14)21(19-12)8-7-16(22)17-9-13-10-18-20(2)11-13/h3-6,10-11H,7-9H2,1-2H3,(H,17,22). The van der Waals surface area contributed by atoms with E-state index in [0.717, 1.165) is 22.2 Å². The highest BCUT2D eigenvalue weighted by molar-refractivity contribution is 5.82.